The molecule has 1 aromatic carbocycles. The molecule has 1 unspecified atom stereocenters. The van der Waals surface area contributed by atoms with E-state index in [4.69, 9.17) is 15.6 Å². The van der Waals surface area contributed by atoms with Gasteiger partial charge in [-0.2, -0.15) is 4.39 Å². The molecule has 1 amide bonds. The van der Waals surface area contributed by atoms with E-state index in [1.54, 1.807) is 19.1 Å². The van der Waals surface area contributed by atoms with Gasteiger partial charge in [-0.05, 0) is 37.8 Å². The number of rotatable bonds is 7. The molecule has 8 heteroatoms. The smallest absolute Gasteiger partial charge is 0.378 e. The van der Waals surface area contributed by atoms with E-state index in [-0.39, 0.29) is 16.7 Å². The SMILES string of the molecule is Cc1c(C(=O)C(N)=O)c2c(OC(F)C(=O)O)cccc2n1CC1CCCCC1. The van der Waals surface area contributed by atoms with Crippen LogP contribution < -0.4 is 10.5 Å². The van der Waals surface area contributed by atoms with Crippen molar-refractivity contribution in [2.75, 3.05) is 0 Å². The second-order valence-electron chi connectivity index (χ2n) is 7.19. The first-order valence-electron chi connectivity index (χ1n) is 9.30. The van der Waals surface area contributed by atoms with Crippen LogP contribution >= 0.6 is 0 Å². The topological polar surface area (TPSA) is 112 Å². The number of hydrogen-bond acceptors (Lipinski definition) is 4. The fourth-order valence-corrected chi connectivity index (χ4v) is 4.02. The summed E-state index contributed by atoms with van der Waals surface area (Å²) in [6, 6.07) is 4.71. The number of alkyl halides is 1. The van der Waals surface area contributed by atoms with Crippen LogP contribution in [0.3, 0.4) is 0 Å². The molecule has 0 aliphatic heterocycles. The van der Waals surface area contributed by atoms with E-state index in [0.29, 0.717) is 23.7 Å². The number of amides is 1. The zero-order valence-electron chi connectivity index (χ0n) is 15.6. The number of halogens is 1. The molecule has 0 bridgehead atoms. The fraction of sp³-hybridized carbons (Fsp3) is 0.450. The molecule has 0 spiro atoms. The van der Waals surface area contributed by atoms with Gasteiger partial charge in [0.2, 0.25) is 0 Å². The molecule has 0 saturated heterocycles. The summed E-state index contributed by atoms with van der Waals surface area (Å²) in [6.07, 6.45) is 3.04. The molecule has 1 saturated carbocycles. The molecule has 28 heavy (non-hydrogen) atoms. The van der Waals surface area contributed by atoms with E-state index in [0.717, 1.165) is 25.7 Å². The number of carboxylic acids is 1. The van der Waals surface area contributed by atoms with Gasteiger partial charge >= 0.3 is 12.3 Å². The van der Waals surface area contributed by atoms with Crippen LogP contribution in [0.1, 0.15) is 48.2 Å². The summed E-state index contributed by atoms with van der Waals surface area (Å²) in [5, 5.41) is 9.02. The monoisotopic (exact) mass is 390 g/mol. The number of primary amides is 1. The van der Waals surface area contributed by atoms with Crippen molar-refractivity contribution in [2.45, 2.75) is 51.9 Å². The van der Waals surface area contributed by atoms with E-state index >= 15 is 0 Å². The van der Waals surface area contributed by atoms with Gasteiger partial charge in [-0.1, -0.05) is 25.3 Å². The molecule has 3 rings (SSSR count). The Balaban J connectivity index is 2.15. The molecule has 1 atom stereocenters. The van der Waals surface area contributed by atoms with Crippen LogP contribution in [-0.4, -0.2) is 33.7 Å². The minimum Gasteiger partial charge on any atom is -0.476 e. The van der Waals surface area contributed by atoms with Crippen molar-refractivity contribution in [3.8, 4) is 5.75 Å². The maximum atomic E-state index is 13.7. The highest BCUT2D eigenvalue weighted by atomic mass is 19.1. The predicted octanol–water partition coefficient (Wildman–Crippen LogP) is 2.96. The van der Waals surface area contributed by atoms with Gasteiger partial charge < -0.3 is 20.1 Å². The number of benzene rings is 1. The zero-order valence-corrected chi connectivity index (χ0v) is 15.6. The van der Waals surface area contributed by atoms with Crippen molar-refractivity contribution in [3.05, 3.63) is 29.5 Å². The van der Waals surface area contributed by atoms with Crippen molar-refractivity contribution in [3.63, 3.8) is 0 Å². The second kappa shape index (κ2) is 8.00. The van der Waals surface area contributed by atoms with Crippen molar-refractivity contribution >= 4 is 28.6 Å². The molecule has 2 aromatic rings. The summed E-state index contributed by atoms with van der Waals surface area (Å²) in [5.74, 6) is -3.51. The molecule has 3 N–H and O–H groups in total. The van der Waals surface area contributed by atoms with Crippen LogP contribution in [0.4, 0.5) is 4.39 Å². The number of aromatic nitrogens is 1. The third-order valence-electron chi connectivity index (χ3n) is 5.35. The molecule has 1 aromatic heterocycles. The molecule has 150 valence electrons. The molecular weight excluding hydrogens is 367 g/mol. The summed E-state index contributed by atoms with van der Waals surface area (Å²) >= 11 is 0. The van der Waals surface area contributed by atoms with E-state index in [1.165, 1.54) is 12.5 Å². The molecule has 0 radical (unpaired) electrons. The number of Topliss-reactive ketones (excluding diaryl/α,β-unsaturated/α-hetero) is 1. The number of ketones is 1. The normalized spacial score (nSPS) is 16.1. The first-order valence-corrected chi connectivity index (χ1v) is 9.30. The lowest BCUT2D eigenvalue weighted by molar-refractivity contribution is -0.153. The first kappa shape index (κ1) is 19.9. The molecule has 1 aliphatic rings. The zero-order chi connectivity index (χ0) is 20.4. The van der Waals surface area contributed by atoms with Gasteiger partial charge in [0.1, 0.15) is 5.75 Å². The van der Waals surface area contributed by atoms with Crippen LogP contribution in [0.5, 0.6) is 5.75 Å². The lowest BCUT2D eigenvalue weighted by atomic mass is 9.89. The highest BCUT2D eigenvalue weighted by Crippen LogP contribution is 2.36. The van der Waals surface area contributed by atoms with Crippen LogP contribution in [0.25, 0.3) is 10.9 Å². The summed E-state index contributed by atoms with van der Waals surface area (Å²) in [6.45, 7) is 2.35. The van der Waals surface area contributed by atoms with Crippen molar-refractivity contribution in [1.82, 2.24) is 4.57 Å². The maximum absolute atomic E-state index is 13.7. The van der Waals surface area contributed by atoms with Crippen LogP contribution in [0.15, 0.2) is 18.2 Å². The Morgan fingerprint density at radius 1 is 1.29 bits per heavy atom. The summed E-state index contributed by atoms with van der Waals surface area (Å²) in [4.78, 5) is 34.9. The number of fused-ring (bicyclic) bond motifs is 1. The van der Waals surface area contributed by atoms with Gasteiger partial charge in [0, 0.05) is 12.2 Å². The number of carbonyl (C=O) groups is 3. The number of ether oxygens (including phenoxy) is 1. The van der Waals surface area contributed by atoms with Gasteiger partial charge in [-0.25, -0.2) is 4.79 Å². The Bertz CT molecular complexity index is 930. The second-order valence-corrected chi connectivity index (χ2v) is 7.19. The van der Waals surface area contributed by atoms with Crippen molar-refractivity contribution < 1.29 is 28.6 Å². The Labute approximate surface area is 161 Å². The minimum absolute atomic E-state index is 0.0338. The highest BCUT2D eigenvalue weighted by Gasteiger charge is 2.29. The Kier molecular flexibility index (Phi) is 5.67. The van der Waals surface area contributed by atoms with Gasteiger partial charge in [0.05, 0.1) is 16.5 Å². The van der Waals surface area contributed by atoms with Gasteiger partial charge in [0.25, 0.3) is 11.7 Å². The largest absolute Gasteiger partial charge is 0.476 e. The van der Waals surface area contributed by atoms with Crippen LogP contribution in [-0.2, 0) is 16.1 Å². The lowest BCUT2D eigenvalue weighted by Crippen LogP contribution is -2.24. The van der Waals surface area contributed by atoms with Crippen LogP contribution in [0.2, 0.25) is 0 Å². The number of aliphatic carboxylic acids is 1. The number of carbonyl (C=O) groups excluding carboxylic acids is 2. The molecule has 7 nitrogen and oxygen atoms in total. The summed E-state index contributed by atoms with van der Waals surface area (Å²) in [5.41, 5.74) is 6.37. The van der Waals surface area contributed by atoms with E-state index in [2.05, 4.69) is 0 Å². The average Bonchev–Trinajstić information content (AvgIpc) is 2.94. The third-order valence-corrected chi connectivity index (χ3v) is 5.35. The van der Waals surface area contributed by atoms with Gasteiger partial charge in [-0.3, -0.25) is 9.59 Å². The fourth-order valence-electron chi connectivity index (χ4n) is 4.02. The standard InChI is InChI=1S/C20H23FN2O5/c1-11-15(17(24)19(22)25)16-13(23(11)10-12-6-3-2-4-7-12)8-5-9-14(16)28-18(21)20(26)27/h5,8-9,12,18H,2-4,6-7,10H2,1H3,(H2,22,25)(H,26,27). The van der Waals surface area contributed by atoms with E-state index in [9.17, 15) is 18.8 Å². The van der Waals surface area contributed by atoms with E-state index < -0.39 is 24.0 Å². The third kappa shape index (κ3) is 3.72. The summed E-state index contributed by atoms with van der Waals surface area (Å²) < 4.78 is 20.6. The number of nitrogens with two attached hydrogens (primary N) is 1. The van der Waals surface area contributed by atoms with Crippen molar-refractivity contribution in [1.29, 1.82) is 0 Å². The van der Waals surface area contributed by atoms with Gasteiger partial charge in [0.15, 0.2) is 0 Å². The van der Waals surface area contributed by atoms with Crippen molar-refractivity contribution in [2.24, 2.45) is 11.7 Å². The molecular formula is C20H23FN2O5. The Morgan fingerprint density at radius 3 is 2.57 bits per heavy atom. The summed E-state index contributed by atoms with van der Waals surface area (Å²) in [7, 11) is 0. The Morgan fingerprint density at radius 2 is 1.96 bits per heavy atom. The number of nitrogens with zero attached hydrogens (tertiary/aromatic N) is 1. The van der Waals surface area contributed by atoms with Crippen LogP contribution in [0, 0.1) is 12.8 Å². The highest BCUT2D eigenvalue weighted by molar-refractivity contribution is 6.45. The predicted molar refractivity (Wildman–Crippen MR) is 99.9 cm³/mol. The number of carboxylic acid groups (broad SMARTS) is 1. The average molecular weight is 390 g/mol. The molecule has 1 heterocycles. The molecule has 1 aliphatic carbocycles. The minimum atomic E-state index is -2.59. The number of hydrogen-bond donors (Lipinski definition) is 2. The first-order chi connectivity index (χ1) is 13.3. The quantitative estimate of drug-likeness (QED) is 0.558. The van der Waals surface area contributed by atoms with Gasteiger partial charge in [-0.15, -0.1) is 0 Å². The Hall–Kier alpha value is -2.90. The lowest BCUT2D eigenvalue weighted by Gasteiger charge is -2.23. The molecule has 1 fully saturated rings. The maximum Gasteiger partial charge on any atom is 0.378 e. The van der Waals surface area contributed by atoms with E-state index in [1.807, 2.05) is 4.57 Å².